The van der Waals surface area contributed by atoms with Gasteiger partial charge in [-0.15, -0.1) is 0 Å². The van der Waals surface area contributed by atoms with Crippen molar-refractivity contribution in [2.45, 2.75) is 49.5 Å². The maximum absolute atomic E-state index is 14.3. The van der Waals surface area contributed by atoms with E-state index in [0.29, 0.717) is 69.8 Å². The number of piperidine rings is 1. The minimum absolute atomic E-state index is 0.0931. The van der Waals surface area contributed by atoms with Gasteiger partial charge in [-0.3, -0.25) is 0 Å². The summed E-state index contributed by atoms with van der Waals surface area (Å²) in [7, 11) is -3.33. The molecular formula is C25H32F3N5O4S. The lowest BCUT2D eigenvalue weighted by atomic mass is 9.93. The second-order valence-electron chi connectivity index (χ2n) is 10.1. The van der Waals surface area contributed by atoms with Gasteiger partial charge in [0.1, 0.15) is 11.1 Å². The Morgan fingerprint density at radius 3 is 2.47 bits per heavy atom. The molecule has 3 saturated heterocycles. The van der Waals surface area contributed by atoms with Crippen molar-refractivity contribution in [1.29, 1.82) is 0 Å². The molecule has 1 aromatic heterocycles. The quantitative estimate of drug-likeness (QED) is 0.479. The largest absolute Gasteiger partial charge is 0.487 e. The Bertz CT molecular complexity index is 1220. The summed E-state index contributed by atoms with van der Waals surface area (Å²) in [4.78, 5) is 8.62. The van der Waals surface area contributed by atoms with Crippen LogP contribution in [-0.2, 0) is 14.8 Å². The van der Waals surface area contributed by atoms with Gasteiger partial charge in [0.2, 0.25) is 16.0 Å². The van der Waals surface area contributed by atoms with Gasteiger partial charge >= 0.3 is 0 Å². The van der Waals surface area contributed by atoms with Crippen molar-refractivity contribution >= 4 is 16.0 Å². The number of sulfonamides is 1. The number of aromatic nitrogens is 2. The molecule has 0 amide bonds. The van der Waals surface area contributed by atoms with Crippen LogP contribution in [0, 0.1) is 23.4 Å². The first-order chi connectivity index (χ1) is 18.2. The molecule has 0 radical (unpaired) electrons. The molecule has 3 fully saturated rings. The van der Waals surface area contributed by atoms with E-state index in [9.17, 15) is 21.6 Å². The minimum Gasteiger partial charge on any atom is -0.487 e. The van der Waals surface area contributed by atoms with Gasteiger partial charge in [-0.2, -0.15) is 0 Å². The van der Waals surface area contributed by atoms with Crippen LogP contribution in [0.2, 0.25) is 0 Å². The van der Waals surface area contributed by atoms with E-state index < -0.39 is 38.6 Å². The number of hydrogen-bond donors (Lipinski definition) is 2. The van der Waals surface area contributed by atoms with Crippen molar-refractivity contribution in [2.75, 3.05) is 44.7 Å². The van der Waals surface area contributed by atoms with Gasteiger partial charge in [0.15, 0.2) is 17.4 Å². The molecule has 13 heteroatoms. The first-order valence-corrected chi connectivity index (χ1v) is 14.4. The summed E-state index contributed by atoms with van der Waals surface area (Å²) >= 11 is 0. The molecule has 1 aromatic carbocycles. The number of halogens is 3. The molecule has 2 N–H and O–H groups in total. The van der Waals surface area contributed by atoms with Crippen molar-refractivity contribution in [1.82, 2.24) is 19.6 Å². The van der Waals surface area contributed by atoms with E-state index in [1.807, 2.05) is 6.92 Å². The molecule has 9 nitrogen and oxygen atoms in total. The summed E-state index contributed by atoms with van der Waals surface area (Å²) in [6, 6.07) is 1.15. The smallest absolute Gasteiger partial charge is 0.223 e. The Hall–Kier alpha value is -2.48. The third kappa shape index (κ3) is 5.75. The Morgan fingerprint density at radius 1 is 1.08 bits per heavy atom. The average molecular weight is 556 g/mol. The highest BCUT2D eigenvalue weighted by molar-refractivity contribution is 7.89. The van der Waals surface area contributed by atoms with Crippen molar-refractivity contribution in [2.24, 2.45) is 5.92 Å². The lowest BCUT2D eigenvalue weighted by Crippen LogP contribution is -2.45. The van der Waals surface area contributed by atoms with Gasteiger partial charge in [-0.05, 0) is 43.7 Å². The Kier molecular flexibility index (Phi) is 8.08. The van der Waals surface area contributed by atoms with E-state index >= 15 is 0 Å². The zero-order valence-electron chi connectivity index (χ0n) is 21.1. The van der Waals surface area contributed by atoms with Crippen LogP contribution < -0.4 is 15.4 Å². The van der Waals surface area contributed by atoms with E-state index in [1.165, 1.54) is 0 Å². The van der Waals surface area contributed by atoms with Gasteiger partial charge in [-0.1, -0.05) is 0 Å². The molecule has 0 aliphatic carbocycles. The van der Waals surface area contributed by atoms with Crippen LogP contribution in [0.5, 0.6) is 5.75 Å². The third-order valence-electron chi connectivity index (χ3n) is 7.75. The fraction of sp³-hybridized carbons (Fsp3) is 0.600. The molecule has 0 spiro atoms. The summed E-state index contributed by atoms with van der Waals surface area (Å²) in [5.74, 6) is -2.55. The van der Waals surface area contributed by atoms with Crippen LogP contribution in [0.1, 0.15) is 37.7 Å². The number of hydrogen-bond acceptors (Lipinski definition) is 8. The van der Waals surface area contributed by atoms with Crippen LogP contribution in [0.3, 0.4) is 0 Å². The zero-order chi connectivity index (χ0) is 26.9. The summed E-state index contributed by atoms with van der Waals surface area (Å²) in [5.41, 5.74) is 0.0931. The molecule has 3 aliphatic heterocycles. The van der Waals surface area contributed by atoms with E-state index in [2.05, 4.69) is 20.6 Å². The van der Waals surface area contributed by atoms with Crippen LogP contribution in [0.15, 0.2) is 24.5 Å². The number of ether oxygens (including phenoxy) is 2. The molecule has 3 aliphatic rings. The van der Waals surface area contributed by atoms with E-state index in [-0.39, 0.29) is 30.2 Å². The molecular weight excluding hydrogens is 523 g/mol. The van der Waals surface area contributed by atoms with Crippen molar-refractivity contribution in [3.63, 3.8) is 0 Å². The molecule has 4 heterocycles. The molecule has 0 saturated carbocycles. The summed E-state index contributed by atoms with van der Waals surface area (Å²) in [6.07, 6.45) is 4.88. The number of rotatable bonds is 8. The molecule has 38 heavy (non-hydrogen) atoms. The van der Waals surface area contributed by atoms with Crippen LogP contribution in [0.25, 0.3) is 0 Å². The molecule has 208 valence electrons. The molecule has 5 rings (SSSR count). The predicted octanol–water partition coefficient (Wildman–Crippen LogP) is 2.66. The molecule has 4 atom stereocenters. The summed E-state index contributed by atoms with van der Waals surface area (Å²) in [5, 5.41) is 5.83. The van der Waals surface area contributed by atoms with Crippen LogP contribution >= 0.6 is 0 Å². The Labute approximate surface area is 220 Å². The summed E-state index contributed by atoms with van der Waals surface area (Å²) in [6.45, 7) is 4.52. The molecule has 2 aromatic rings. The van der Waals surface area contributed by atoms with Gasteiger partial charge in [-0.25, -0.2) is 35.9 Å². The van der Waals surface area contributed by atoms with Crippen molar-refractivity contribution in [3.8, 4) is 5.75 Å². The highest BCUT2D eigenvalue weighted by Gasteiger charge is 2.38. The standard InChI is InChI=1S/C25H32F3N5O4S/c1-15(16-2-5-33(6-3-16)38(34,35)18-4-7-36-14-18)37-17-10-30-25(31-11-17)32-24-13-29-12-20(24)19-8-22(27)23(28)9-21(19)26/h8-11,15-16,18,20,24,29H,2-7,12-14H2,1H3,(H,30,31,32)/t15-,18-,20+,24-/m0/s1. The lowest BCUT2D eigenvalue weighted by molar-refractivity contribution is 0.110. The zero-order valence-corrected chi connectivity index (χ0v) is 21.9. The first kappa shape index (κ1) is 27.1. The fourth-order valence-electron chi connectivity index (χ4n) is 5.47. The number of benzene rings is 1. The second kappa shape index (κ2) is 11.3. The monoisotopic (exact) mass is 555 g/mol. The van der Waals surface area contributed by atoms with E-state index in [4.69, 9.17) is 9.47 Å². The predicted molar refractivity (Wildman–Crippen MR) is 134 cm³/mol. The maximum Gasteiger partial charge on any atom is 0.223 e. The van der Waals surface area contributed by atoms with Crippen molar-refractivity contribution in [3.05, 3.63) is 47.5 Å². The SMILES string of the molecule is C[C@H](Oc1cnc(N[C@H]2CNC[C@@H]2c2cc(F)c(F)cc2F)nc1)C1CCN(S(=O)(=O)[C@H]2CCOC2)CC1. The number of nitrogens with zero attached hydrogens (tertiary/aromatic N) is 3. The van der Waals surface area contributed by atoms with Gasteiger partial charge < -0.3 is 20.1 Å². The Balaban J connectivity index is 1.14. The highest BCUT2D eigenvalue weighted by atomic mass is 32.2. The van der Waals surface area contributed by atoms with Crippen LogP contribution in [0.4, 0.5) is 19.1 Å². The first-order valence-electron chi connectivity index (χ1n) is 12.9. The Morgan fingerprint density at radius 2 is 1.79 bits per heavy atom. The van der Waals surface area contributed by atoms with Gasteiger partial charge in [0, 0.05) is 50.8 Å². The normalized spacial score (nSPS) is 25.9. The third-order valence-corrected chi connectivity index (χ3v) is 10.0. The lowest BCUT2D eigenvalue weighted by Gasteiger charge is -2.35. The molecule has 0 unspecified atom stereocenters. The second-order valence-corrected chi connectivity index (χ2v) is 12.3. The number of anilines is 1. The van der Waals surface area contributed by atoms with Crippen molar-refractivity contribution < 1.29 is 31.1 Å². The van der Waals surface area contributed by atoms with E-state index in [0.717, 1.165) is 6.07 Å². The average Bonchev–Trinajstić information content (AvgIpc) is 3.61. The summed E-state index contributed by atoms with van der Waals surface area (Å²) < 4.78 is 79.9. The fourth-order valence-corrected chi connectivity index (χ4v) is 7.27. The van der Waals surface area contributed by atoms with Crippen LogP contribution in [-0.4, -0.2) is 79.5 Å². The molecule has 0 bridgehead atoms. The minimum atomic E-state index is -3.33. The topological polar surface area (TPSA) is 106 Å². The highest BCUT2D eigenvalue weighted by Crippen LogP contribution is 2.30. The maximum atomic E-state index is 14.3. The number of nitrogens with one attached hydrogen (secondary N) is 2. The van der Waals surface area contributed by atoms with Gasteiger partial charge in [0.05, 0.1) is 25.1 Å². The van der Waals surface area contributed by atoms with E-state index in [1.54, 1.807) is 16.7 Å². The van der Waals surface area contributed by atoms with Gasteiger partial charge in [0.25, 0.3) is 0 Å².